The third-order valence-corrected chi connectivity index (χ3v) is 5.21. The van der Waals surface area contributed by atoms with Gasteiger partial charge < -0.3 is 9.64 Å². The molecule has 7 nitrogen and oxygen atoms in total. The molecule has 0 aromatic heterocycles. The van der Waals surface area contributed by atoms with Gasteiger partial charge in [0.15, 0.2) is 0 Å². The van der Waals surface area contributed by atoms with E-state index in [1.54, 1.807) is 33.2 Å². The molecule has 0 saturated carbocycles. The summed E-state index contributed by atoms with van der Waals surface area (Å²) in [4.78, 5) is 25.3. The Bertz CT molecular complexity index is 952. The van der Waals surface area contributed by atoms with E-state index >= 15 is 0 Å². The van der Waals surface area contributed by atoms with E-state index in [9.17, 15) is 18.0 Å². The van der Waals surface area contributed by atoms with E-state index < -0.39 is 16.0 Å². The van der Waals surface area contributed by atoms with E-state index in [-0.39, 0.29) is 27.6 Å². The second kappa shape index (κ2) is 7.57. The van der Waals surface area contributed by atoms with Crippen molar-refractivity contribution in [3.05, 3.63) is 59.2 Å². The van der Waals surface area contributed by atoms with Crippen molar-refractivity contribution >= 4 is 27.6 Å². The van der Waals surface area contributed by atoms with Crippen LogP contribution in [0.15, 0.2) is 47.4 Å². The first-order chi connectivity index (χ1) is 12.2. The third kappa shape index (κ3) is 4.02. The number of sulfonamides is 1. The van der Waals surface area contributed by atoms with Crippen LogP contribution in [0.4, 0.5) is 5.69 Å². The van der Waals surface area contributed by atoms with Crippen molar-refractivity contribution in [2.45, 2.75) is 11.8 Å². The first-order valence-electron chi connectivity index (χ1n) is 7.70. The van der Waals surface area contributed by atoms with Crippen LogP contribution in [0.25, 0.3) is 0 Å². The maximum absolute atomic E-state index is 12.8. The molecular formula is C18H20N2O5S. The lowest BCUT2D eigenvalue weighted by atomic mass is 10.1. The molecule has 0 aliphatic heterocycles. The lowest BCUT2D eigenvalue weighted by Gasteiger charge is -2.16. The number of hydrogen-bond acceptors (Lipinski definition) is 5. The van der Waals surface area contributed by atoms with Crippen LogP contribution in [0, 0.1) is 6.92 Å². The number of methoxy groups -OCH3 is 1. The van der Waals surface area contributed by atoms with Gasteiger partial charge in [-0.3, -0.25) is 9.52 Å². The maximum atomic E-state index is 12.8. The number of aryl methyl sites for hydroxylation is 1. The summed E-state index contributed by atoms with van der Waals surface area (Å²) in [5.41, 5.74) is 0.967. The lowest BCUT2D eigenvalue weighted by Crippen LogP contribution is -2.24. The smallest absolute Gasteiger partial charge is 0.337 e. The van der Waals surface area contributed by atoms with Gasteiger partial charge in [0.25, 0.3) is 15.9 Å². The van der Waals surface area contributed by atoms with E-state index in [0.29, 0.717) is 5.56 Å². The number of esters is 1. The Balaban J connectivity index is 2.48. The van der Waals surface area contributed by atoms with Gasteiger partial charge in [-0.25, -0.2) is 13.2 Å². The van der Waals surface area contributed by atoms with E-state index in [4.69, 9.17) is 0 Å². The molecule has 0 saturated heterocycles. The summed E-state index contributed by atoms with van der Waals surface area (Å²) < 4.78 is 32.8. The second-order valence-electron chi connectivity index (χ2n) is 5.82. The van der Waals surface area contributed by atoms with E-state index in [1.807, 2.05) is 0 Å². The van der Waals surface area contributed by atoms with Gasteiger partial charge in [-0.2, -0.15) is 0 Å². The van der Waals surface area contributed by atoms with Crippen LogP contribution in [0.2, 0.25) is 0 Å². The number of rotatable bonds is 5. The normalized spacial score (nSPS) is 10.9. The van der Waals surface area contributed by atoms with E-state index in [1.165, 1.54) is 42.3 Å². The summed E-state index contributed by atoms with van der Waals surface area (Å²) >= 11 is 0. The number of nitrogens with one attached hydrogen (secondary N) is 1. The zero-order chi connectivity index (χ0) is 19.5. The van der Waals surface area contributed by atoms with Crippen LogP contribution < -0.4 is 4.72 Å². The monoisotopic (exact) mass is 376 g/mol. The lowest BCUT2D eigenvalue weighted by molar-refractivity contribution is 0.0600. The van der Waals surface area contributed by atoms with Crippen LogP contribution in [0.1, 0.15) is 26.3 Å². The fourth-order valence-corrected chi connectivity index (χ4v) is 3.69. The molecule has 1 amide bonds. The zero-order valence-corrected chi connectivity index (χ0v) is 15.8. The highest BCUT2D eigenvalue weighted by molar-refractivity contribution is 7.92. The van der Waals surface area contributed by atoms with Crippen molar-refractivity contribution in [1.82, 2.24) is 4.90 Å². The number of benzene rings is 2. The van der Waals surface area contributed by atoms with Gasteiger partial charge in [-0.05, 0) is 36.8 Å². The number of nitrogens with zero attached hydrogens (tertiary/aromatic N) is 1. The summed E-state index contributed by atoms with van der Waals surface area (Å²) in [6, 6.07) is 10.6. The molecule has 8 heteroatoms. The summed E-state index contributed by atoms with van der Waals surface area (Å²) in [5, 5.41) is 0. The molecule has 0 unspecified atom stereocenters. The quantitative estimate of drug-likeness (QED) is 0.808. The Morgan fingerprint density at radius 3 is 2.35 bits per heavy atom. The average Bonchev–Trinajstić information content (AvgIpc) is 2.60. The highest BCUT2D eigenvalue weighted by Crippen LogP contribution is 2.24. The standard InChI is InChI=1S/C18H20N2O5S/c1-12-9-10-13(18(22)25-4)11-16(12)26(23,24)19-15-8-6-5-7-14(15)17(21)20(2)3/h5-11,19H,1-4H3. The Labute approximate surface area is 152 Å². The van der Waals surface area contributed by atoms with Gasteiger partial charge in [-0.1, -0.05) is 18.2 Å². The number of amides is 1. The molecule has 2 rings (SSSR count). The maximum Gasteiger partial charge on any atom is 0.337 e. The fraction of sp³-hybridized carbons (Fsp3) is 0.222. The van der Waals surface area contributed by atoms with Gasteiger partial charge in [0, 0.05) is 14.1 Å². The third-order valence-electron chi connectivity index (χ3n) is 3.71. The number of ether oxygens (including phenoxy) is 1. The van der Waals surface area contributed by atoms with E-state index in [0.717, 1.165) is 0 Å². The molecule has 0 heterocycles. The molecule has 26 heavy (non-hydrogen) atoms. The van der Waals surface area contributed by atoms with Gasteiger partial charge >= 0.3 is 5.97 Å². The first-order valence-corrected chi connectivity index (χ1v) is 9.18. The predicted octanol–water partition coefficient (Wildman–Crippen LogP) is 2.28. The molecule has 0 bridgehead atoms. The van der Waals surface area contributed by atoms with Gasteiger partial charge in [0.1, 0.15) is 0 Å². The average molecular weight is 376 g/mol. The topological polar surface area (TPSA) is 92.8 Å². The largest absolute Gasteiger partial charge is 0.465 e. The fourth-order valence-electron chi connectivity index (χ4n) is 2.33. The number of carbonyl (C=O) groups is 2. The molecule has 0 aliphatic rings. The molecule has 0 atom stereocenters. The number of carbonyl (C=O) groups excluding carboxylic acids is 2. The van der Waals surface area contributed by atoms with Crippen molar-refractivity contribution in [1.29, 1.82) is 0 Å². The highest BCUT2D eigenvalue weighted by Gasteiger charge is 2.22. The minimum Gasteiger partial charge on any atom is -0.465 e. The van der Waals surface area contributed by atoms with Gasteiger partial charge in [0.2, 0.25) is 0 Å². The van der Waals surface area contributed by atoms with Crippen LogP contribution in [-0.4, -0.2) is 46.4 Å². The molecule has 0 fully saturated rings. The minimum absolute atomic E-state index is 0.0625. The molecule has 0 aliphatic carbocycles. The summed E-state index contributed by atoms with van der Waals surface area (Å²) in [7, 11) is 0.363. The Kier molecular flexibility index (Phi) is 5.66. The number of para-hydroxylation sites is 1. The van der Waals surface area contributed by atoms with E-state index in [2.05, 4.69) is 9.46 Å². The molecule has 138 valence electrons. The van der Waals surface area contributed by atoms with Crippen LogP contribution >= 0.6 is 0 Å². The van der Waals surface area contributed by atoms with Crippen LogP contribution in [0.3, 0.4) is 0 Å². The van der Waals surface area contributed by atoms with Crippen LogP contribution in [0.5, 0.6) is 0 Å². The molecule has 0 spiro atoms. The predicted molar refractivity (Wildman–Crippen MR) is 97.8 cm³/mol. The molecule has 2 aromatic carbocycles. The Morgan fingerprint density at radius 2 is 1.73 bits per heavy atom. The first kappa shape index (κ1) is 19.5. The number of hydrogen-bond donors (Lipinski definition) is 1. The second-order valence-corrected chi connectivity index (χ2v) is 7.47. The Hall–Kier alpha value is -2.87. The van der Waals surface area contributed by atoms with Crippen molar-refractivity contribution in [2.24, 2.45) is 0 Å². The van der Waals surface area contributed by atoms with Crippen LogP contribution in [-0.2, 0) is 14.8 Å². The van der Waals surface area contributed by atoms with Gasteiger partial charge in [0.05, 0.1) is 28.8 Å². The molecule has 1 N–H and O–H groups in total. The SMILES string of the molecule is COC(=O)c1ccc(C)c(S(=O)(=O)Nc2ccccc2C(=O)N(C)C)c1. The minimum atomic E-state index is -4.02. The number of anilines is 1. The zero-order valence-electron chi connectivity index (χ0n) is 14.9. The molecule has 0 radical (unpaired) electrons. The molecule has 2 aromatic rings. The van der Waals surface area contributed by atoms with Gasteiger partial charge in [-0.15, -0.1) is 0 Å². The molecular weight excluding hydrogens is 356 g/mol. The van der Waals surface area contributed by atoms with Crippen molar-refractivity contribution in [3.63, 3.8) is 0 Å². The highest BCUT2D eigenvalue weighted by atomic mass is 32.2. The summed E-state index contributed by atoms with van der Waals surface area (Å²) in [6.07, 6.45) is 0. The summed E-state index contributed by atoms with van der Waals surface area (Å²) in [6.45, 7) is 1.62. The van der Waals surface area contributed by atoms with Crippen molar-refractivity contribution < 1.29 is 22.7 Å². The Morgan fingerprint density at radius 1 is 1.08 bits per heavy atom. The summed E-state index contributed by atoms with van der Waals surface area (Å²) in [5.74, 6) is -0.965. The van der Waals surface area contributed by atoms with Crippen molar-refractivity contribution in [2.75, 3.05) is 25.9 Å². The van der Waals surface area contributed by atoms with Crippen molar-refractivity contribution in [3.8, 4) is 0 Å².